The van der Waals surface area contributed by atoms with Gasteiger partial charge in [0.25, 0.3) is 0 Å². The normalized spacial score (nSPS) is 17.3. The van der Waals surface area contributed by atoms with Crippen molar-refractivity contribution in [2.45, 2.75) is 12.5 Å². The molecule has 0 aromatic heterocycles. The lowest BCUT2D eigenvalue weighted by molar-refractivity contribution is 0.140. The number of nitrogens with zero attached hydrogens (tertiary/aromatic N) is 1. The van der Waals surface area contributed by atoms with Gasteiger partial charge in [-0.1, -0.05) is 15.9 Å². The van der Waals surface area contributed by atoms with Gasteiger partial charge in [-0.3, -0.25) is 4.90 Å². The summed E-state index contributed by atoms with van der Waals surface area (Å²) in [6.45, 7) is 3.87. The minimum Gasteiger partial charge on any atom is -0.506 e. The van der Waals surface area contributed by atoms with Gasteiger partial charge in [-0.15, -0.1) is 12.4 Å². The van der Waals surface area contributed by atoms with E-state index >= 15 is 0 Å². The lowest BCUT2D eigenvalue weighted by Gasteiger charge is -2.36. The number of hydrogen-bond donors (Lipinski definition) is 3. The van der Waals surface area contributed by atoms with Crippen molar-refractivity contribution in [3.63, 3.8) is 0 Å². The summed E-state index contributed by atoms with van der Waals surface area (Å²) < 4.78 is 2.24. The van der Waals surface area contributed by atoms with E-state index in [1.54, 1.807) is 0 Å². The second-order valence-electron chi connectivity index (χ2n) is 4.73. The number of aliphatic hydroxyl groups excluding tert-OH is 1. The highest BCUT2D eigenvalue weighted by atomic mass is 79.9. The van der Waals surface area contributed by atoms with Gasteiger partial charge in [0.2, 0.25) is 0 Å². The lowest BCUT2D eigenvalue weighted by Crippen LogP contribution is -2.45. The number of nitrogens with one attached hydrogen (secondary N) is 1. The van der Waals surface area contributed by atoms with Crippen molar-refractivity contribution in [1.82, 2.24) is 10.2 Å². The molecule has 1 atom stereocenters. The molecular formula is C13H18Br3ClN2O2. The number of halogens is 4. The first-order valence-electron chi connectivity index (χ1n) is 6.48. The lowest BCUT2D eigenvalue weighted by atomic mass is 10.0. The van der Waals surface area contributed by atoms with Crippen molar-refractivity contribution >= 4 is 60.2 Å². The zero-order chi connectivity index (χ0) is 14.7. The molecule has 1 aromatic rings. The Morgan fingerprint density at radius 3 is 2.38 bits per heavy atom. The Hall–Kier alpha value is 0.630. The van der Waals surface area contributed by atoms with E-state index in [2.05, 4.69) is 58.0 Å². The Kier molecular flexibility index (Phi) is 8.48. The molecule has 1 heterocycles. The van der Waals surface area contributed by atoms with Crippen LogP contribution in [0.5, 0.6) is 5.75 Å². The molecule has 0 aliphatic carbocycles. The van der Waals surface area contributed by atoms with Gasteiger partial charge in [0, 0.05) is 48.9 Å². The second-order valence-corrected chi connectivity index (χ2v) is 7.23. The van der Waals surface area contributed by atoms with Crippen LogP contribution in [0.25, 0.3) is 0 Å². The highest BCUT2D eigenvalue weighted by Gasteiger charge is 2.27. The summed E-state index contributed by atoms with van der Waals surface area (Å²) in [6, 6.07) is 1.92. The Morgan fingerprint density at radius 2 is 1.81 bits per heavy atom. The largest absolute Gasteiger partial charge is 0.506 e. The molecule has 1 aromatic carbocycles. The maximum absolute atomic E-state index is 10.1. The van der Waals surface area contributed by atoms with Crippen LogP contribution in [0.1, 0.15) is 18.0 Å². The van der Waals surface area contributed by atoms with Gasteiger partial charge in [-0.2, -0.15) is 0 Å². The molecule has 1 fully saturated rings. The molecule has 120 valence electrons. The first-order chi connectivity index (χ1) is 9.56. The van der Waals surface area contributed by atoms with Gasteiger partial charge < -0.3 is 15.5 Å². The number of phenols is 1. The number of phenolic OH excluding ortho intramolecular Hbond substituents is 1. The average molecular weight is 509 g/mol. The van der Waals surface area contributed by atoms with Crippen LogP contribution in [0.2, 0.25) is 0 Å². The molecule has 4 nitrogen and oxygen atoms in total. The number of piperazine rings is 1. The average Bonchev–Trinajstić information content (AvgIpc) is 2.45. The summed E-state index contributed by atoms with van der Waals surface area (Å²) in [6.07, 6.45) is 0.637. The molecule has 1 aliphatic heterocycles. The summed E-state index contributed by atoms with van der Waals surface area (Å²) in [5, 5.41) is 22.8. The van der Waals surface area contributed by atoms with E-state index in [1.165, 1.54) is 0 Å². The highest BCUT2D eigenvalue weighted by molar-refractivity contribution is 9.11. The molecule has 2 rings (SSSR count). The summed E-state index contributed by atoms with van der Waals surface area (Å²) in [7, 11) is 0. The van der Waals surface area contributed by atoms with E-state index in [9.17, 15) is 10.2 Å². The van der Waals surface area contributed by atoms with E-state index in [0.29, 0.717) is 15.4 Å². The van der Waals surface area contributed by atoms with Gasteiger partial charge in [0.15, 0.2) is 0 Å². The molecule has 0 bridgehead atoms. The van der Waals surface area contributed by atoms with Crippen LogP contribution in [0.15, 0.2) is 19.5 Å². The van der Waals surface area contributed by atoms with E-state index in [4.69, 9.17) is 0 Å². The van der Waals surface area contributed by atoms with Crippen molar-refractivity contribution in [1.29, 1.82) is 0 Å². The fraction of sp³-hybridized carbons (Fsp3) is 0.538. The van der Waals surface area contributed by atoms with Crippen molar-refractivity contribution < 1.29 is 10.2 Å². The molecule has 0 amide bonds. The third kappa shape index (κ3) is 4.56. The van der Waals surface area contributed by atoms with Crippen LogP contribution >= 0.6 is 60.2 Å². The molecule has 8 heteroatoms. The minimum absolute atomic E-state index is 0. The van der Waals surface area contributed by atoms with E-state index in [0.717, 1.165) is 36.2 Å². The number of hydrogen-bond acceptors (Lipinski definition) is 4. The molecule has 0 unspecified atom stereocenters. The summed E-state index contributed by atoms with van der Waals surface area (Å²) in [5.74, 6) is 0.196. The zero-order valence-electron chi connectivity index (χ0n) is 11.3. The molecule has 3 N–H and O–H groups in total. The predicted molar refractivity (Wildman–Crippen MR) is 97.3 cm³/mol. The quantitative estimate of drug-likeness (QED) is 0.583. The van der Waals surface area contributed by atoms with Gasteiger partial charge in [-0.25, -0.2) is 0 Å². The predicted octanol–water partition coefficient (Wildman–Crippen LogP) is 3.43. The van der Waals surface area contributed by atoms with Crippen LogP contribution in [0, 0.1) is 0 Å². The standard InChI is InChI=1S/C13H17Br3N2O2.ClH/c14-8-7-9(15)13(20)12(16)11(8)10(1-6-19)18-4-2-17-3-5-18;/h7,10,17,19-20H,1-6H2;1H/t10-;/m0./s1. The third-order valence-electron chi connectivity index (χ3n) is 3.51. The first-order valence-corrected chi connectivity index (χ1v) is 8.86. The maximum Gasteiger partial charge on any atom is 0.144 e. The monoisotopic (exact) mass is 506 g/mol. The fourth-order valence-corrected chi connectivity index (χ4v) is 5.17. The third-order valence-corrected chi connectivity index (χ3v) is 5.57. The Labute approximate surface area is 156 Å². The van der Waals surface area contributed by atoms with Gasteiger partial charge in [0.05, 0.1) is 8.95 Å². The first kappa shape index (κ1) is 19.7. The molecule has 1 aliphatic rings. The van der Waals surface area contributed by atoms with Crippen molar-refractivity contribution in [3.8, 4) is 5.75 Å². The zero-order valence-corrected chi connectivity index (χ0v) is 16.9. The van der Waals surface area contributed by atoms with Crippen LogP contribution in [0.4, 0.5) is 0 Å². The van der Waals surface area contributed by atoms with Crippen molar-refractivity contribution in [2.24, 2.45) is 0 Å². The van der Waals surface area contributed by atoms with Crippen LogP contribution < -0.4 is 5.32 Å². The summed E-state index contributed by atoms with van der Waals surface area (Å²) in [4.78, 5) is 2.34. The number of rotatable bonds is 4. The molecule has 0 saturated carbocycles. The molecular weight excluding hydrogens is 491 g/mol. The number of benzene rings is 1. The maximum atomic E-state index is 10.1. The summed E-state index contributed by atoms with van der Waals surface area (Å²) in [5.41, 5.74) is 0.988. The Balaban J connectivity index is 0.00000220. The van der Waals surface area contributed by atoms with Gasteiger partial charge in [0.1, 0.15) is 5.75 Å². The Bertz CT molecular complexity index is 485. The van der Waals surface area contributed by atoms with Crippen molar-refractivity contribution in [3.05, 3.63) is 25.0 Å². The smallest absolute Gasteiger partial charge is 0.144 e. The van der Waals surface area contributed by atoms with Crippen LogP contribution in [-0.4, -0.2) is 47.9 Å². The molecule has 21 heavy (non-hydrogen) atoms. The molecule has 0 radical (unpaired) electrons. The van der Waals surface area contributed by atoms with Crippen LogP contribution in [0.3, 0.4) is 0 Å². The molecule has 0 spiro atoms. The highest BCUT2D eigenvalue weighted by Crippen LogP contribution is 2.44. The SMILES string of the molecule is Cl.OCC[C@@H](c1c(Br)cc(Br)c(O)c1Br)N1CCNCC1. The van der Waals surface area contributed by atoms with E-state index < -0.39 is 0 Å². The molecule has 1 saturated heterocycles. The number of aliphatic hydroxyl groups is 1. The van der Waals surface area contributed by atoms with Gasteiger partial charge in [-0.05, 0) is 44.3 Å². The van der Waals surface area contributed by atoms with E-state index in [-0.39, 0.29) is 30.8 Å². The van der Waals surface area contributed by atoms with Crippen molar-refractivity contribution in [2.75, 3.05) is 32.8 Å². The van der Waals surface area contributed by atoms with Gasteiger partial charge >= 0.3 is 0 Å². The minimum atomic E-state index is 0. The number of aromatic hydroxyl groups is 1. The Morgan fingerprint density at radius 1 is 1.19 bits per heavy atom. The second kappa shape index (κ2) is 9.05. The van der Waals surface area contributed by atoms with Crippen LogP contribution in [-0.2, 0) is 0 Å². The topological polar surface area (TPSA) is 55.7 Å². The van der Waals surface area contributed by atoms with E-state index in [1.807, 2.05) is 6.07 Å². The summed E-state index contributed by atoms with van der Waals surface area (Å²) >= 11 is 10.4. The fourth-order valence-electron chi connectivity index (χ4n) is 2.53.